The summed E-state index contributed by atoms with van der Waals surface area (Å²) in [5.41, 5.74) is 11.5. The first-order valence-electron chi connectivity index (χ1n) is 6.47. The van der Waals surface area contributed by atoms with Crippen molar-refractivity contribution in [1.29, 1.82) is 0 Å². The lowest BCUT2D eigenvalue weighted by Crippen LogP contribution is -2.26. The zero-order chi connectivity index (χ0) is 13.8. The van der Waals surface area contributed by atoms with Crippen LogP contribution in [-0.2, 0) is 0 Å². The van der Waals surface area contributed by atoms with E-state index in [2.05, 4.69) is 16.9 Å². The monoisotopic (exact) mass is 264 g/mol. The molecule has 104 valence electrons. The Bertz CT molecular complexity index is 464. The Labute approximate surface area is 112 Å². The number of aromatic nitrogens is 1. The molecule has 19 heavy (non-hydrogen) atoms. The first-order chi connectivity index (χ1) is 9.08. The average Bonchev–Trinajstić information content (AvgIpc) is 2.77. The number of nitrogen functional groups attached to an aromatic ring is 1. The summed E-state index contributed by atoms with van der Waals surface area (Å²) in [6, 6.07) is 3.64. The van der Waals surface area contributed by atoms with Gasteiger partial charge in [0.1, 0.15) is 5.69 Å². The second-order valence-corrected chi connectivity index (χ2v) is 4.87. The van der Waals surface area contributed by atoms with Gasteiger partial charge in [0.25, 0.3) is 5.91 Å². The number of carbonyl (C=O) groups is 1. The van der Waals surface area contributed by atoms with Gasteiger partial charge >= 0.3 is 0 Å². The van der Waals surface area contributed by atoms with Crippen molar-refractivity contribution in [3.05, 3.63) is 17.8 Å². The number of pyridine rings is 1. The fourth-order valence-electron chi connectivity index (χ4n) is 2.34. The van der Waals surface area contributed by atoms with Crippen LogP contribution in [0.15, 0.2) is 12.1 Å². The summed E-state index contributed by atoms with van der Waals surface area (Å²) < 4.78 is 5.57. The fourth-order valence-corrected chi connectivity index (χ4v) is 2.34. The third kappa shape index (κ3) is 3.35. The molecule has 4 N–H and O–H groups in total. The SMILES string of the molecule is CN1CCCC1CCOc1nc(C(N)=O)ccc1N. The van der Waals surface area contributed by atoms with Crippen molar-refractivity contribution < 1.29 is 9.53 Å². The zero-order valence-electron chi connectivity index (χ0n) is 11.1. The molecule has 2 rings (SSSR count). The molecular weight excluding hydrogens is 244 g/mol. The summed E-state index contributed by atoms with van der Waals surface area (Å²) in [5, 5.41) is 0. The van der Waals surface area contributed by atoms with Crippen molar-refractivity contribution >= 4 is 11.6 Å². The van der Waals surface area contributed by atoms with Gasteiger partial charge in [0.05, 0.1) is 12.3 Å². The van der Waals surface area contributed by atoms with E-state index in [1.54, 1.807) is 6.07 Å². The van der Waals surface area contributed by atoms with Gasteiger partial charge in [0, 0.05) is 6.04 Å². The molecular formula is C13H20N4O2. The van der Waals surface area contributed by atoms with Crippen molar-refractivity contribution in [1.82, 2.24) is 9.88 Å². The van der Waals surface area contributed by atoms with Gasteiger partial charge in [-0.15, -0.1) is 0 Å². The molecule has 0 spiro atoms. The number of nitrogens with two attached hydrogens (primary N) is 2. The predicted octanol–water partition coefficient (Wildman–Crippen LogP) is 0.626. The molecule has 1 aromatic heterocycles. The molecule has 0 radical (unpaired) electrons. The van der Waals surface area contributed by atoms with Crippen molar-refractivity contribution in [3.8, 4) is 5.88 Å². The van der Waals surface area contributed by atoms with Gasteiger partial charge in [0.2, 0.25) is 5.88 Å². The topological polar surface area (TPSA) is 94.5 Å². The minimum Gasteiger partial charge on any atom is -0.476 e. The van der Waals surface area contributed by atoms with Crippen LogP contribution in [0.25, 0.3) is 0 Å². The minimum atomic E-state index is -0.583. The van der Waals surface area contributed by atoms with Crippen molar-refractivity contribution in [2.24, 2.45) is 5.73 Å². The molecule has 1 aliphatic heterocycles. The maximum absolute atomic E-state index is 11.0. The number of amides is 1. The first-order valence-corrected chi connectivity index (χ1v) is 6.47. The number of ether oxygens (including phenoxy) is 1. The molecule has 2 heterocycles. The summed E-state index contributed by atoms with van der Waals surface area (Å²) in [6.07, 6.45) is 3.36. The van der Waals surface area contributed by atoms with E-state index in [0.717, 1.165) is 13.0 Å². The Hall–Kier alpha value is -1.82. The molecule has 0 saturated carbocycles. The van der Waals surface area contributed by atoms with Crippen molar-refractivity contribution in [3.63, 3.8) is 0 Å². The van der Waals surface area contributed by atoms with E-state index in [-0.39, 0.29) is 11.6 Å². The van der Waals surface area contributed by atoms with Crippen molar-refractivity contribution in [2.75, 3.05) is 25.9 Å². The van der Waals surface area contributed by atoms with Gasteiger partial charge in [-0.25, -0.2) is 4.98 Å². The molecule has 6 heteroatoms. The zero-order valence-corrected chi connectivity index (χ0v) is 11.1. The minimum absolute atomic E-state index is 0.169. The number of likely N-dealkylation sites (tertiary alicyclic amines) is 1. The van der Waals surface area contributed by atoms with Gasteiger partial charge in [-0.2, -0.15) is 0 Å². The lowest BCUT2D eigenvalue weighted by molar-refractivity contribution is 0.0994. The summed E-state index contributed by atoms with van der Waals surface area (Å²) >= 11 is 0. The maximum atomic E-state index is 11.0. The first kappa shape index (κ1) is 13.6. The largest absolute Gasteiger partial charge is 0.476 e. The number of nitrogens with zero attached hydrogens (tertiary/aromatic N) is 2. The Morgan fingerprint density at radius 2 is 2.37 bits per heavy atom. The second-order valence-electron chi connectivity index (χ2n) is 4.87. The number of rotatable bonds is 5. The van der Waals surface area contributed by atoms with E-state index in [9.17, 15) is 4.79 Å². The molecule has 6 nitrogen and oxygen atoms in total. The van der Waals surface area contributed by atoms with E-state index in [0.29, 0.717) is 18.3 Å². The Balaban J connectivity index is 1.91. The lowest BCUT2D eigenvalue weighted by Gasteiger charge is -2.19. The van der Waals surface area contributed by atoms with Crippen LogP contribution in [0.5, 0.6) is 5.88 Å². The van der Waals surface area contributed by atoms with E-state index < -0.39 is 5.91 Å². The van der Waals surface area contributed by atoms with Crippen LogP contribution in [0.3, 0.4) is 0 Å². The molecule has 0 bridgehead atoms. The smallest absolute Gasteiger partial charge is 0.267 e. The second kappa shape index (κ2) is 5.88. The lowest BCUT2D eigenvalue weighted by atomic mass is 10.1. The van der Waals surface area contributed by atoms with Crippen LogP contribution in [0.1, 0.15) is 29.8 Å². The van der Waals surface area contributed by atoms with E-state index in [1.807, 2.05) is 0 Å². The third-order valence-electron chi connectivity index (χ3n) is 3.50. The highest BCUT2D eigenvalue weighted by Crippen LogP contribution is 2.21. The van der Waals surface area contributed by atoms with E-state index >= 15 is 0 Å². The molecule has 1 atom stereocenters. The van der Waals surface area contributed by atoms with Gasteiger partial charge in [-0.3, -0.25) is 4.79 Å². The highest BCUT2D eigenvalue weighted by atomic mass is 16.5. The van der Waals surface area contributed by atoms with E-state index in [1.165, 1.54) is 18.9 Å². The van der Waals surface area contributed by atoms with Crippen LogP contribution in [-0.4, -0.2) is 42.0 Å². The van der Waals surface area contributed by atoms with Crippen LogP contribution in [0.4, 0.5) is 5.69 Å². The fraction of sp³-hybridized carbons (Fsp3) is 0.538. The quantitative estimate of drug-likeness (QED) is 0.813. The van der Waals surface area contributed by atoms with Crippen LogP contribution in [0, 0.1) is 0 Å². The molecule has 1 unspecified atom stereocenters. The summed E-state index contributed by atoms with van der Waals surface area (Å²) in [6.45, 7) is 1.68. The molecule has 0 aliphatic carbocycles. The number of carbonyl (C=O) groups excluding carboxylic acids is 1. The number of primary amides is 1. The van der Waals surface area contributed by atoms with Gasteiger partial charge in [-0.1, -0.05) is 0 Å². The average molecular weight is 264 g/mol. The molecule has 0 aromatic carbocycles. The summed E-state index contributed by atoms with van der Waals surface area (Å²) in [7, 11) is 2.12. The molecule has 1 aliphatic rings. The Morgan fingerprint density at radius 1 is 1.58 bits per heavy atom. The molecule has 1 aromatic rings. The highest BCUT2D eigenvalue weighted by molar-refractivity contribution is 5.91. The maximum Gasteiger partial charge on any atom is 0.267 e. The third-order valence-corrected chi connectivity index (χ3v) is 3.50. The standard InChI is InChI=1S/C13H20N4O2/c1-17-7-2-3-9(17)6-8-19-13-10(14)4-5-11(16-13)12(15)18/h4-5,9H,2-3,6-8,14H2,1H3,(H2,15,18). The molecule has 1 amide bonds. The predicted molar refractivity (Wildman–Crippen MR) is 72.9 cm³/mol. The number of hydrogen-bond donors (Lipinski definition) is 2. The van der Waals surface area contributed by atoms with E-state index in [4.69, 9.17) is 16.2 Å². The molecule has 1 saturated heterocycles. The normalized spacial score (nSPS) is 19.5. The van der Waals surface area contributed by atoms with Gasteiger partial charge in [0.15, 0.2) is 0 Å². The van der Waals surface area contributed by atoms with Crippen LogP contribution >= 0.6 is 0 Å². The van der Waals surface area contributed by atoms with Gasteiger partial charge < -0.3 is 21.1 Å². The summed E-state index contributed by atoms with van der Waals surface area (Å²) in [5.74, 6) is -0.294. The number of anilines is 1. The Kier molecular flexibility index (Phi) is 4.21. The highest BCUT2D eigenvalue weighted by Gasteiger charge is 2.20. The number of hydrogen-bond acceptors (Lipinski definition) is 5. The Morgan fingerprint density at radius 3 is 3.00 bits per heavy atom. The van der Waals surface area contributed by atoms with Crippen molar-refractivity contribution in [2.45, 2.75) is 25.3 Å². The summed E-state index contributed by atoms with van der Waals surface area (Å²) in [4.78, 5) is 17.4. The van der Waals surface area contributed by atoms with Gasteiger partial charge in [-0.05, 0) is 45.0 Å². The molecule has 1 fully saturated rings. The van der Waals surface area contributed by atoms with Crippen LogP contribution < -0.4 is 16.2 Å². The van der Waals surface area contributed by atoms with Crippen LogP contribution in [0.2, 0.25) is 0 Å².